The predicted molar refractivity (Wildman–Crippen MR) is 60.0 cm³/mol. The third-order valence-corrected chi connectivity index (χ3v) is 6.91. The molecular formula is C11H22O2S. The predicted octanol–water partition coefficient (Wildman–Crippen LogP) is 2.64. The maximum Gasteiger partial charge on any atom is 0.157 e. The quantitative estimate of drug-likeness (QED) is 0.626. The number of hydrogen-bond acceptors (Lipinski definition) is 2. The van der Waals surface area contributed by atoms with Gasteiger partial charge in [0, 0.05) is 0 Å². The Morgan fingerprint density at radius 3 is 1.29 bits per heavy atom. The van der Waals surface area contributed by atoms with E-state index in [0.29, 0.717) is 5.75 Å². The summed E-state index contributed by atoms with van der Waals surface area (Å²) in [5, 5.41) is 0. The van der Waals surface area contributed by atoms with Crippen LogP contribution in [0.4, 0.5) is 0 Å². The van der Waals surface area contributed by atoms with E-state index in [-0.39, 0.29) is 10.8 Å². The molecule has 0 aromatic heterocycles. The van der Waals surface area contributed by atoms with Crippen molar-refractivity contribution in [3.63, 3.8) is 0 Å². The van der Waals surface area contributed by atoms with Crippen LogP contribution in [0.15, 0.2) is 0 Å². The molecule has 0 aliphatic carbocycles. The third-order valence-electron chi connectivity index (χ3n) is 3.68. The van der Waals surface area contributed by atoms with Crippen molar-refractivity contribution in [3.8, 4) is 0 Å². The van der Waals surface area contributed by atoms with Crippen molar-refractivity contribution in [2.45, 2.75) is 52.7 Å². The van der Waals surface area contributed by atoms with Gasteiger partial charge in [-0.15, -0.1) is 0 Å². The van der Waals surface area contributed by atoms with E-state index >= 15 is 0 Å². The lowest BCUT2D eigenvalue weighted by molar-refractivity contribution is 0.109. The lowest BCUT2D eigenvalue weighted by atomic mass is 9.64. The molecule has 84 valence electrons. The first-order valence-corrected chi connectivity index (χ1v) is 6.83. The second-order valence-electron chi connectivity index (χ2n) is 6.40. The zero-order valence-electron chi connectivity index (χ0n) is 10.1. The van der Waals surface area contributed by atoms with Gasteiger partial charge >= 0.3 is 0 Å². The standard InChI is InChI=1S/C11H22O2S/c1-9(2,3)11(10(4,5)6)7-8-14(11,12)13/h7-8H2,1-6H3. The molecule has 1 heterocycles. The Kier molecular flexibility index (Phi) is 2.36. The molecule has 0 radical (unpaired) electrons. The van der Waals surface area contributed by atoms with Crippen molar-refractivity contribution >= 4 is 9.84 Å². The Morgan fingerprint density at radius 1 is 0.929 bits per heavy atom. The Bertz CT molecular complexity index is 311. The molecule has 1 fully saturated rings. The molecule has 2 nitrogen and oxygen atoms in total. The van der Waals surface area contributed by atoms with Crippen molar-refractivity contribution in [3.05, 3.63) is 0 Å². The SMILES string of the molecule is CC(C)(C)C1(C(C)(C)C)CCS1(=O)=O. The number of hydrogen-bond donors (Lipinski definition) is 0. The second-order valence-corrected chi connectivity index (χ2v) is 8.73. The van der Waals surface area contributed by atoms with Gasteiger partial charge in [0.25, 0.3) is 0 Å². The number of rotatable bonds is 0. The largest absolute Gasteiger partial charge is 0.228 e. The lowest BCUT2D eigenvalue weighted by Crippen LogP contribution is -2.66. The molecule has 1 saturated heterocycles. The van der Waals surface area contributed by atoms with E-state index in [2.05, 4.69) is 0 Å². The Balaban J connectivity index is 3.35. The summed E-state index contributed by atoms with van der Waals surface area (Å²) in [4.78, 5) is 0. The van der Waals surface area contributed by atoms with E-state index in [9.17, 15) is 8.42 Å². The van der Waals surface area contributed by atoms with E-state index in [1.807, 2.05) is 41.5 Å². The maximum absolute atomic E-state index is 12.0. The zero-order chi connectivity index (χ0) is 11.4. The fourth-order valence-electron chi connectivity index (χ4n) is 3.28. The molecule has 1 rings (SSSR count). The van der Waals surface area contributed by atoms with Crippen LogP contribution in [0.1, 0.15) is 48.0 Å². The molecule has 14 heavy (non-hydrogen) atoms. The average molecular weight is 218 g/mol. The van der Waals surface area contributed by atoms with Crippen molar-refractivity contribution in [2.24, 2.45) is 10.8 Å². The van der Waals surface area contributed by atoms with Crippen molar-refractivity contribution in [2.75, 3.05) is 5.75 Å². The van der Waals surface area contributed by atoms with Crippen molar-refractivity contribution in [1.82, 2.24) is 0 Å². The van der Waals surface area contributed by atoms with Crippen LogP contribution in [0.25, 0.3) is 0 Å². The maximum atomic E-state index is 12.0. The molecule has 0 aromatic rings. The Hall–Kier alpha value is -0.0500. The second kappa shape index (κ2) is 2.75. The highest BCUT2D eigenvalue weighted by Crippen LogP contribution is 2.57. The third kappa shape index (κ3) is 1.24. The van der Waals surface area contributed by atoms with Crippen LogP contribution in [-0.2, 0) is 9.84 Å². The molecule has 0 aromatic carbocycles. The summed E-state index contributed by atoms with van der Waals surface area (Å²) in [5.74, 6) is 0.363. The fraction of sp³-hybridized carbons (Fsp3) is 1.00. The van der Waals surface area contributed by atoms with Gasteiger partial charge in [-0.2, -0.15) is 0 Å². The minimum absolute atomic E-state index is 0.178. The average Bonchev–Trinajstić information content (AvgIpc) is 1.78. The first-order chi connectivity index (χ1) is 5.96. The number of sulfone groups is 1. The van der Waals surface area contributed by atoms with Crippen molar-refractivity contribution < 1.29 is 8.42 Å². The monoisotopic (exact) mass is 218 g/mol. The summed E-state index contributed by atoms with van der Waals surface area (Å²) in [6.07, 6.45) is 0.808. The van der Waals surface area contributed by atoms with Crippen LogP contribution < -0.4 is 0 Å². The fourth-order valence-corrected chi connectivity index (χ4v) is 6.09. The smallest absolute Gasteiger partial charge is 0.157 e. The van der Waals surface area contributed by atoms with Gasteiger partial charge in [0.2, 0.25) is 0 Å². The Morgan fingerprint density at radius 2 is 1.29 bits per heavy atom. The summed E-state index contributed by atoms with van der Waals surface area (Å²) in [7, 11) is -2.90. The Labute approximate surface area is 88.0 Å². The highest BCUT2D eigenvalue weighted by atomic mass is 32.2. The van der Waals surface area contributed by atoms with Crippen LogP contribution in [0, 0.1) is 10.8 Å². The molecule has 1 aliphatic heterocycles. The van der Waals surface area contributed by atoms with Gasteiger partial charge in [-0.3, -0.25) is 0 Å². The van der Waals surface area contributed by atoms with Crippen LogP contribution in [0.5, 0.6) is 0 Å². The highest BCUT2D eigenvalue weighted by Gasteiger charge is 2.64. The van der Waals surface area contributed by atoms with E-state index in [1.165, 1.54) is 0 Å². The minimum Gasteiger partial charge on any atom is -0.228 e. The van der Waals surface area contributed by atoms with Crippen LogP contribution in [-0.4, -0.2) is 18.9 Å². The first-order valence-electron chi connectivity index (χ1n) is 5.18. The van der Waals surface area contributed by atoms with Gasteiger partial charge in [0.05, 0.1) is 10.5 Å². The van der Waals surface area contributed by atoms with Gasteiger partial charge in [0.15, 0.2) is 9.84 Å². The van der Waals surface area contributed by atoms with E-state index in [1.54, 1.807) is 0 Å². The normalized spacial score (nSPS) is 25.6. The van der Waals surface area contributed by atoms with E-state index < -0.39 is 14.6 Å². The minimum atomic E-state index is -2.90. The van der Waals surface area contributed by atoms with Gasteiger partial charge in [-0.05, 0) is 17.3 Å². The molecule has 0 N–H and O–H groups in total. The zero-order valence-corrected chi connectivity index (χ0v) is 11.0. The van der Waals surface area contributed by atoms with Gasteiger partial charge in [0.1, 0.15) is 0 Å². The van der Waals surface area contributed by atoms with Crippen LogP contribution in [0.2, 0.25) is 0 Å². The molecular weight excluding hydrogens is 196 g/mol. The molecule has 0 atom stereocenters. The van der Waals surface area contributed by atoms with E-state index in [0.717, 1.165) is 6.42 Å². The summed E-state index contributed by atoms with van der Waals surface area (Å²) in [6, 6.07) is 0. The highest BCUT2D eigenvalue weighted by molar-refractivity contribution is 7.94. The summed E-state index contributed by atoms with van der Waals surface area (Å²) < 4.78 is 23.5. The molecule has 0 spiro atoms. The molecule has 0 saturated carbocycles. The summed E-state index contributed by atoms with van der Waals surface area (Å²) in [5.41, 5.74) is -0.356. The van der Waals surface area contributed by atoms with E-state index in [4.69, 9.17) is 0 Å². The molecule has 0 bridgehead atoms. The molecule has 0 amide bonds. The van der Waals surface area contributed by atoms with Gasteiger partial charge < -0.3 is 0 Å². The van der Waals surface area contributed by atoms with Gasteiger partial charge in [-0.25, -0.2) is 8.42 Å². The molecule has 3 heteroatoms. The summed E-state index contributed by atoms with van der Waals surface area (Å²) in [6.45, 7) is 12.2. The molecule has 1 aliphatic rings. The summed E-state index contributed by atoms with van der Waals surface area (Å²) >= 11 is 0. The molecule has 0 unspecified atom stereocenters. The topological polar surface area (TPSA) is 34.1 Å². The van der Waals surface area contributed by atoms with Crippen LogP contribution >= 0.6 is 0 Å². The lowest BCUT2D eigenvalue weighted by Gasteiger charge is -2.58. The first kappa shape index (κ1) is 12.0. The van der Waals surface area contributed by atoms with Crippen LogP contribution in [0.3, 0.4) is 0 Å². The van der Waals surface area contributed by atoms with Gasteiger partial charge in [-0.1, -0.05) is 41.5 Å². The van der Waals surface area contributed by atoms with Crippen molar-refractivity contribution in [1.29, 1.82) is 0 Å².